The molecule has 3 aromatic heterocycles. The Morgan fingerprint density at radius 1 is 1.04 bits per heavy atom. The first-order valence-electron chi connectivity index (χ1n) is 7.77. The van der Waals surface area contributed by atoms with Crippen LogP contribution in [-0.2, 0) is 0 Å². The zero-order chi connectivity index (χ0) is 19.0. The number of nitrogens with zero attached hydrogens (tertiary/aromatic N) is 5. The number of ether oxygens (including phenoxy) is 1. The zero-order valence-electron chi connectivity index (χ0n) is 13.9. The molecule has 0 radical (unpaired) electrons. The van der Waals surface area contributed by atoms with Gasteiger partial charge in [0.15, 0.2) is 5.52 Å². The minimum atomic E-state index is -0.877. The van der Waals surface area contributed by atoms with Crippen LogP contribution < -0.4 is 10.3 Å². The van der Waals surface area contributed by atoms with Crippen LogP contribution >= 0.6 is 0 Å². The largest absolute Gasteiger partial charge is 0.467 e. The van der Waals surface area contributed by atoms with Gasteiger partial charge in [0, 0.05) is 24.0 Å². The highest BCUT2D eigenvalue weighted by atomic mass is 19.1. The van der Waals surface area contributed by atoms with Crippen LogP contribution in [0.15, 0.2) is 53.8 Å². The minimum absolute atomic E-state index is 0.0366. The molecule has 1 aromatic carbocycles. The van der Waals surface area contributed by atoms with Crippen LogP contribution in [-0.4, -0.2) is 31.6 Å². The molecule has 27 heavy (non-hydrogen) atoms. The van der Waals surface area contributed by atoms with Gasteiger partial charge < -0.3 is 4.74 Å². The number of methoxy groups -OCH3 is 1. The second-order valence-corrected chi connectivity index (χ2v) is 5.54. The standard InChI is InChI=1S/C18H11F2N5O2/c1-27-18-21-7-10(8-22-18)13-3-4-14-16(24-13)17(26)25(9-23-14)15-5-2-11(19)6-12(15)20/h2-9H,1H3. The van der Waals surface area contributed by atoms with Crippen LogP contribution in [0.1, 0.15) is 0 Å². The summed E-state index contributed by atoms with van der Waals surface area (Å²) >= 11 is 0. The molecule has 0 aliphatic heterocycles. The highest BCUT2D eigenvalue weighted by Gasteiger charge is 2.13. The minimum Gasteiger partial charge on any atom is -0.467 e. The number of aromatic nitrogens is 5. The molecule has 0 spiro atoms. The molecule has 0 saturated carbocycles. The third kappa shape index (κ3) is 2.99. The molecule has 9 heteroatoms. The molecule has 0 aliphatic carbocycles. The second-order valence-electron chi connectivity index (χ2n) is 5.54. The van der Waals surface area contributed by atoms with Crippen LogP contribution in [0, 0.1) is 11.6 Å². The van der Waals surface area contributed by atoms with E-state index in [1.165, 1.54) is 31.9 Å². The molecule has 134 valence electrons. The van der Waals surface area contributed by atoms with Gasteiger partial charge in [0.05, 0.1) is 24.0 Å². The van der Waals surface area contributed by atoms with E-state index in [9.17, 15) is 13.6 Å². The van der Waals surface area contributed by atoms with Gasteiger partial charge in [0.2, 0.25) is 0 Å². The number of fused-ring (bicyclic) bond motifs is 1. The van der Waals surface area contributed by atoms with Crippen LogP contribution in [0.25, 0.3) is 28.0 Å². The van der Waals surface area contributed by atoms with E-state index in [1.54, 1.807) is 12.1 Å². The Morgan fingerprint density at radius 3 is 2.52 bits per heavy atom. The fourth-order valence-corrected chi connectivity index (χ4v) is 2.56. The van der Waals surface area contributed by atoms with E-state index >= 15 is 0 Å². The number of benzene rings is 1. The van der Waals surface area contributed by atoms with Crippen molar-refractivity contribution in [3.05, 3.63) is 71.0 Å². The van der Waals surface area contributed by atoms with Crippen molar-refractivity contribution in [2.24, 2.45) is 0 Å². The van der Waals surface area contributed by atoms with Gasteiger partial charge in [-0.3, -0.25) is 9.36 Å². The Labute approximate surface area is 151 Å². The predicted octanol–water partition coefficient (Wildman–Crippen LogP) is 2.52. The van der Waals surface area contributed by atoms with Crippen LogP contribution in [0.4, 0.5) is 8.78 Å². The Balaban J connectivity index is 1.87. The first-order chi connectivity index (χ1) is 13.1. The fourth-order valence-electron chi connectivity index (χ4n) is 2.56. The average Bonchev–Trinajstić information content (AvgIpc) is 2.69. The summed E-state index contributed by atoms with van der Waals surface area (Å²) in [6.45, 7) is 0. The summed E-state index contributed by atoms with van der Waals surface area (Å²) in [5.41, 5.74) is 0.700. The zero-order valence-corrected chi connectivity index (χ0v) is 13.9. The maximum Gasteiger partial charge on any atom is 0.316 e. The summed E-state index contributed by atoms with van der Waals surface area (Å²) in [4.78, 5) is 29.3. The molecule has 0 unspecified atom stereocenters. The number of hydrogen-bond acceptors (Lipinski definition) is 6. The molecule has 3 heterocycles. The highest BCUT2D eigenvalue weighted by molar-refractivity contribution is 5.77. The van der Waals surface area contributed by atoms with E-state index < -0.39 is 17.2 Å². The summed E-state index contributed by atoms with van der Waals surface area (Å²) in [5, 5.41) is 0. The van der Waals surface area contributed by atoms with Crippen LogP contribution in [0.3, 0.4) is 0 Å². The third-order valence-corrected chi connectivity index (χ3v) is 3.88. The van der Waals surface area contributed by atoms with Crippen LogP contribution in [0.2, 0.25) is 0 Å². The summed E-state index contributed by atoms with van der Waals surface area (Å²) in [6.07, 6.45) is 4.20. The van der Waals surface area contributed by atoms with E-state index in [1.807, 2.05) is 0 Å². The molecular weight excluding hydrogens is 356 g/mol. The van der Waals surface area contributed by atoms with Crippen molar-refractivity contribution in [2.45, 2.75) is 0 Å². The molecule has 4 rings (SSSR count). The smallest absolute Gasteiger partial charge is 0.316 e. The summed E-state index contributed by atoms with van der Waals surface area (Å²) in [7, 11) is 1.45. The molecular formula is C18H11F2N5O2. The van der Waals surface area contributed by atoms with Crippen molar-refractivity contribution in [3.63, 3.8) is 0 Å². The first-order valence-corrected chi connectivity index (χ1v) is 7.77. The van der Waals surface area contributed by atoms with E-state index in [2.05, 4.69) is 19.9 Å². The summed E-state index contributed by atoms with van der Waals surface area (Å²) < 4.78 is 33.1. The average molecular weight is 367 g/mol. The maximum absolute atomic E-state index is 14.1. The fraction of sp³-hybridized carbons (Fsp3) is 0.0556. The van der Waals surface area contributed by atoms with Crippen molar-refractivity contribution >= 4 is 11.0 Å². The van der Waals surface area contributed by atoms with Crippen molar-refractivity contribution in [3.8, 4) is 23.0 Å². The normalized spacial score (nSPS) is 10.9. The molecule has 0 saturated heterocycles. The van der Waals surface area contributed by atoms with Gasteiger partial charge in [-0.2, -0.15) is 0 Å². The van der Waals surface area contributed by atoms with Gasteiger partial charge >= 0.3 is 6.01 Å². The Hall–Kier alpha value is -3.75. The number of rotatable bonds is 3. The Bertz CT molecular complexity index is 1210. The van der Waals surface area contributed by atoms with Gasteiger partial charge in [-0.25, -0.2) is 28.7 Å². The van der Waals surface area contributed by atoms with Gasteiger partial charge in [0.1, 0.15) is 18.0 Å². The quantitative estimate of drug-likeness (QED) is 0.553. The molecule has 0 fully saturated rings. The first kappa shape index (κ1) is 16.7. The molecule has 7 nitrogen and oxygen atoms in total. The van der Waals surface area contributed by atoms with Gasteiger partial charge in [-0.1, -0.05) is 0 Å². The van der Waals surface area contributed by atoms with E-state index in [0.29, 0.717) is 22.8 Å². The molecule has 0 atom stereocenters. The lowest BCUT2D eigenvalue weighted by atomic mass is 10.2. The second kappa shape index (κ2) is 6.52. The van der Waals surface area contributed by atoms with Crippen molar-refractivity contribution < 1.29 is 13.5 Å². The number of halogens is 2. The highest BCUT2D eigenvalue weighted by Crippen LogP contribution is 2.19. The van der Waals surface area contributed by atoms with Crippen LogP contribution in [0.5, 0.6) is 6.01 Å². The van der Waals surface area contributed by atoms with Gasteiger partial charge in [0.25, 0.3) is 5.56 Å². The number of hydrogen-bond donors (Lipinski definition) is 0. The lowest BCUT2D eigenvalue weighted by Crippen LogP contribution is -2.21. The number of pyridine rings is 1. The summed E-state index contributed by atoms with van der Waals surface area (Å²) in [5.74, 6) is -1.61. The molecule has 0 bridgehead atoms. The Kier molecular flexibility index (Phi) is 4.03. The predicted molar refractivity (Wildman–Crippen MR) is 92.6 cm³/mol. The Morgan fingerprint density at radius 2 is 1.81 bits per heavy atom. The monoisotopic (exact) mass is 367 g/mol. The van der Waals surface area contributed by atoms with E-state index in [-0.39, 0.29) is 17.2 Å². The van der Waals surface area contributed by atoms with Crippen molar-refractivity contribution in [1.29, 1.82) is 0 Å². The van der Waals surface area contributed by atoms with Gasteiger partial charge in [-0.05, 0) is 24.3 Å². The maximum atomic E-state index is 14.1. The topological polar surface area (TPSA) is 82.8 Å². The van der Waals surface area contributed by atoms with Crippen molar-refractivity contribution in [2.75, 3.05) is 7.11 Å². The molecule has 0 N–H and O–H groups in total. The van der Waals surface area contributed by atoms with Crippen molar-refractivity contribution in [1.82, 2.24) is 24.5 Å². The lowest BCUT2D eigenvalue weighted by molar-refractivity contribution is 0.380. The SMILES string of the molecule is COc1ncc(-c2ccc3ncn(-c4ccc(F)cc4F)c(=O)c3n2)cn1. The lowest BCUT2D eigenvalue weighted by Gasteiger charge is -2.08. The molecule has 0 amide bonds. The summed E-state index contributed by atoms with van der Waals surface area (Å²) in [6, 6.07) is 6.42. The third-order valence-electron chi connectivity index (χ3n) is 3.88. The van der Waals surface area contributed by atoms with Gasteiger partial charge in [-0.15, -0.1) is 0 Å². The van der Waals surface area contributed by atoms with E-state index in [4.69, 9.17) is 4.74 Å². The molecule has 4 aromatic rings. The molecule has 0 aliphatic rings. The van der Waals surface area contributed by atoms with E-state index in [0.717, 1.165) is 10.6 Å².